The molecular formula is C16H17F3O2. The van der Waals surface area contributed by atoms with E-state index in [0.717, 1.165) is 25.0 Å². The first-order valence-corrected chi connectivity index (χ1v) is 6.96. The molecule has 0 bridgehead atoms. The number of carbonyl (C=O) groups excluding carboxylic acids is 1. The molecule has 1 aliphatic rings. The van der Waals surface area contributed by atoms with Crippen LogP contribution in [0.2, 0.25) is 0 Å². The summed E-state index contributed by atoms with van der Waals surface area (Å²) in [6.45, 7) is -0.246. The van der Waals surface area contributed by atoms with Crippen LogP contribution in [0.3, 0.4) is 0 Å². The molecule has 0 amide bonds. The van der Waals surface area contributed by atoms with Crippen LogP contribution in [0.15, 0.2) is 36.4 Å². The number of ether oxygens (including phenoxy) is 1. The molecule has 1 aliphatic carbocycles. The lowest BCUT2D eigenvalue weighted by Crippen LogP contribution is -2.10. The Morgan fingerprint density at radius 2 is 2.00 bits per heavy atom. The van der Waals surface area contributed by atoms with Crippen LogP contribution in [0.1, 0.15) is 31.2 Å². The summed E-state index contributed by atoms with van der Waals surface area (Å²) >= 11 is 0. The summed E-state index contributed by atoms with van der Waals surface area (Å²) in [4.78, 5) is 11.6. The molecule has 1 fully saturated rings. The molecule has 0 atom stereocenters. The van der Waals surface area contributed by atoms with E-state index in [-0.39, 0.29) is 18.1 Å². The minimum atomic E-state index is -4.41. The second-order valence-corrected chi connectivity index (χ2v) is 5.18. The normalized spacial score (nSPS) is 16.5. The Morgan fingerprint density at radius 3 is 2.67 bits per heavy atom. The molecule has 2 nitrogen and oxygen atoms in total. The Kier molecular flexibility index (Phi) is 5.04. The van der Waals surface area contributed by atoms with Gasteiger partial charge in [0.15, 0.2) is 12.4 Å². The molecule has 1 saturated carbocycles. The number of alkyl halides is 3. The van der Waals surface area contributed by atoms with E-state index < -0.39 is 11.7 Å². The van der Waals surface area contributed by atoms with Crippen molar-refractivity contribution in [3.05, 3.63) is 42.0 Å². The van der Waals surface area contributed by atoms with Crippen molar-refractivity contribution < 1.29 is 22.7 Å². The van der Waals surface area contributed by atoms with E-state index >= 15 is 0 Å². The molecule has 5 heteroatoms. The van der Waals surface area contributed by atoms with E-state index in [1.54, 1.807) is 0 Å². The number of allylic oxidation sites excluding steroid dienone is 1. The van der Waals surface area contributed by atoms with Gasteiger partial charge in [0.25, 0.3) is 0 Å². The number of hydrogen-bond donors (Lipinski definition) is 0. The fourth-order valence-electron chi connectivity index (χ4n) is 2.36. The lowest BCUT2D eigenvalue weighted by Gasteiger charge is -2.09. The SMILES string of the molecule is O=C(C=CC1CCCC1)COc1cccc(C(F)(F)F)c1. The van der Waals surface area contributed by atoms with Crippen LogP contribution in [-0.2, 0) is 11.0 Å². The highest BCUT2D eigenvalue weighted by Crippen LogP contribution is 2.31. The maximum absolute atomic E-state index is 12.5. The average Bonchev–Trinajstić information content (AvgIpc) is 2.95. The van der Waals surface area contributed by atoms with Crippen LogP contribution in [-0.4, -0.2) is 12.4 Å². The molecule has 0 spiro atoms. The van der Waals surface area contributed by atoms with Crippen LogP contribution in [0.4, 0.5) is 13.2 Å². The maximum atomic E-state index is 12.5. The fraction of sp³-hybridized carbons (Fsp3) is 0.438. The van der Waals surface area contributed by atoms with Gasteiger partial charge in [-0.2, -0.15) is 13.2 Å². The van der Waals surface area contributed by atoms with Crippen LogP contribution in [0.25, 0.3) is 0 Å². The largest absolute Gasteiger partial charge is 0.485 e. The van der Waals surface area contributed by atoms with Crippen molar-refractivity contribution in [2.24, 2.45) is 5.92 Å². The number of rotatable bonds is 5. The second-order valence-electron chi connectivity index (χ2n) is 5.18. The molecule has 0 radical (unpaired) electrons. The predicted molar refractivity (Wildman–Crippen MR) is 73.0 cm³/mol. The van der Waals surface area contributed by atoms with E-state index in [0.29, 0.717) is 5.92 Å². The van der Waals surface area contributed by atoms with Gasteiger partial charge in [0.1, 0.15) is 5.75 Å². The highest BCUT2D eigenvalue weighted by molar-refractivity contribution is 5.90. The molecule has 0 aromatic heterocycles. The lowest BCUT2D eigenvalue weighted by molar-refractivity contribution is -0.137. The summed E-state index contributed by atoms with van der Waals surface area (Å²) in [5, 5.41) is 0. The Balaban J connectivity index is 1.86. The van der Waals surface area contributed by atoms with E-state index in [4.69, 9.17) is 4.74 Å². The molecule has 0 N–H and O–H groups in total. The number of ketones is 1. The van der Waals surface area contributed by atoms with Gasteiger partial charge < -0.3 is 4.74 Å². The van der Waals surface area contributed by atoms with E-state index in [1.165, 1.54) is 31.1 Å². The van der Waals surface area contributed by atoms with Crippen molar-refractivity contribution in [3.63, 3.8) is 0 Å². The third kappa shape index (κ3) is 4.92. The van der Waals surface area contributed by atoms with Gasteiger partial charge in [0.2, 0.25) is 0 Å². The van der Waals surface area contributed by atoms with Crippen molar-refractivity contribution in [2.45, 2.75) is 31.9 Å². The van der Waals surface area contributed by atoms with Gasteiger partial charge in [-0.3, -0.25) is 4.79 Å². The molecule has 0 heterocycles. The maximum Gasteiger partial charge on any atom is 0.416 e. The highest BCUT2D eigenvalue weighted by atomic mass is 19.4. The molecule has 0 saturated heterocycles. The van der Waals surface area contributed by atoms with Gasteiger partial charge in [0.05, 0.1) is 5.56 Å². The van der Waals surface area contributed by atoms with Gasteiger partial charge >= 0.3 is 6.18 Å². The third-order valence-electron chi connectivity index (χ3n) is 3.50. The molecule has 114 valence electrons. The third-order valence-corrected chi connectivity index (χ3v) is 3.50. The van der Waals surface area contributed by atoms with E-state index in [2.05, 4.69) is 0 Å². The summed E-state index contributed by atoms with van der Waals surface area (Å²) < 4.78 is 42.7. The van der Waals surface area contributed by atoms with Crippen LogP contribution < -0.4 is 4.74 Å². The highest BCUT2D eigenvalue weighted by Gasteiger charge is 2.30. The van der Waals surface area contributed by atoms with Crippen molar-refractivity contribution >= 4 is 5.78 Å². The first-order valence-electron chi connectivity index (χ1n) is 6.96. The van der Waals surface area contributed by atoms with E-state index in [9.17, 15) is 18.0 Å². The summed E-state index contributed by atoms with van der Waals surface area (Å²) in [5.74, 6) is 0.259. The van der Waals surface area contributed by atoms with Crippen molar-refractivity contribution in [3.8, 4) is 5.75 Å². The van der Waals surface area contributed by atoms with Crippen molar-refractivity contribution in [2.75, 3.05) is 6.61 Å². The monoisotopic (exact) mass is 298 g/mol. The lowest BCUT2D eigenvalue weighted by atomic mass is 10.1. The van der Waals surface area contributed by atoms with Gasteiger partial charge in [0, 0.05) is 0 Å². The Bertz CT molecular complexity index is 514. The average molecular weight is 298 g/mol. The molecule has 21 heavy (non-hydrogen) atoms. The van der Waals surface area contributed by atoms with Gasteiger partial charge in [-0.05, 0) is 43.0 Å². The smallest absolute Gasteiger partial charge is 0.416 e. The Labute approximate surface area is 121 Å². The molecule has 1 aromatic rings. The second kappa shape index (κ2) is 6.78. The van der Waals surface area contributed by atoms with Crippen LogP contribution in [0.5, 0.6) is 5.75 Å². The van der Waals surface area contributed by atoms with Crippen molar-refractivity contribution in [1.29, 1.82) is 0 Å². The molecule has 1 aromatic carbocycles. The predicted octanol–water partition coefficient (Wildman–Crippen LogP) is 4.40. The van der Waals surface area contributed by atoms with Crippen LogP contribution >= 0.6 is 0 Å². The Morgan fingerprint density at radius 1 is 1.29 bits per heavy atom. The minimum Gasteiger partial charge on any atom is -0.485 e. The molecule has 2 rings (SSSR count). The number of halogens is 3. The summed E-state index contributed by atoms with van der Waals surface area (Å²) in [5.41, 5.74) is -0.783. The quantitative estimate of drug-likeness (QED) is 0.753. The Hall–Kier alpha value is -1.78. The molecule has 0 unspecified atom stereocenters. The van der Waals surface area contributed by atoms with Gasteiger partial charge in [-0.15, -0.1) is 0 Å². The molecule has 0 aliphatic heterocycles. The fourth-order valence-corrected chi connectivity index (χ4v) is 2.36. The molecular weight excluding hydrogens is 281 g/mol. The van der Waals surface area contributed by atoms with Gasteiger partial charge in [-0.25, -0.2) is 0 Å². The standard InChI is InChI=1S/C16H17F3O2/c17-16(18,19)13-6-3-7-15(10-13)21-11-14(20)9-8-12-4-1-2-5-12/h3,6-10,12H,1-2,4-5,11H2. The summed E-state index contributed by atoms with van der Waals surface area (Å²) in [7, 11) is 0. The zero-order valence-corrected chi connectivity index (χ0v) is 11.5. The first kappa shape index (κ1) is 15.6. The summed E-state index contributed by atoms with van der Waals surface area (Å²) in [6.07, 6.45) is 3.50. The summed E-state index contributed by atoms with van der Waals surface area (Å²) in [6, 6.07) is 4.53. The zero-order valence-electron chi connectivity index (χ0n) is 11.5. The van der Waals surface area contributed by atoms with Crippen molar-refractivity contribution in [1.82, 2.24) is 0 Å². The van der Waals surface area contributed by atoms with Gasteiger partial charge in [-0.1, -0.05) is 25.0 Å². The first-order chi connectivity index (χ1) is 9.95. The van der Waals surface area contributed by atoms with E-state index in [1.807, 2.05) is 6.08 Å². The zero-order chi connectivity index (χ0) is 15.3. The topological polar surface area (TPSA) is 26.3 Å². The number of hydrogen-bond acceptors (Lipinski definition) is 2. The number of benzene rings is 1. The minimum absolute atomic E-state index is 0.0486. The number of carbonyl (C=O) groups is 1. The van der Waals surface area contributed by atoms with Crippen LogP contribution in [0, 0.1) is 5.92 Å².